The highest BCUT2D eigenvalue weighted by Gasteiger charge is 2.40. The number of piperidine rings is 1. The molecular weight excluding hydrogens is 558 g/mol. The van der Waals surface area contributed by atoms with Crippen molar-refractivity contribution in [2.24, 2.45) is 18.9 Å². The van der Waals surface area contributed by atoms with Crippen LogP contribution in [-0.2, 0) is 13.6 Å². The molecule has 8 rings (SSSR count). The van der Waals surface area contributed by atoms with Crippen LogP contribution in [0.25, 0.3) is 50.9 Å². The lowest BCUT2D eigenvalue weighted by Gasteiger charge is -2.27. The minimum Gasteiger partial charge on any atom is -0.494 e. The van der Waals surface area contributed by atoms with Crippen LogP contribution in [-0.4, -0.2) is 49.6 Å². The van der Waals surface area contributed by atoms with Crippen LogP contribution in [0.3, 0.4) is 0 Å². The molecule has 0 spiro atoms. The summed E-state index contributed by atoms with van der Waals surface area (Å²) in [5.41, 5.74) is 8.73. The van der Waals surface area contributed by atoms with E-state index < -0.39 is 0 Å². The number of allylic oxidation sites excluding steroid dienone is 2. The molecule has 2 bridgehead atoms. The molecule has 228 valence electrons. The molecule has 3 fully saturated rings. The van der Waals surface area contributed by atoms with Gasteiger partial charge < -0.3 is 18.8 Å². The number of aromatic nitrogens is 4. The summed E-state index contributed by atoms with van der Waals surface area (Å²) in [6.45, 7) is 7.71. The highest BCUT2D eigenvalue weighted by Crippen LogP contribution is 2.40. The van der Waals surface area contributed by atoms with Crippen molar-refractivity contribution in [2.75, 3.05) is 13.7 Å². The Morgan fingerprint density at radius 2 is 1.93 bits per heavy atom. The number of nitrogens with zero attached hydrogens (tertiary/aromatic N) is 5. The minimum atomic E-state index is 0.0911. The van der Waals surface area contributed by atoms with Crippen molar-refractivity contribution in [3.05, 3.63) is 84.0 Å². The van der Waals surface area contributed by atoms with E-state index in [4.69, 9.17) is 14.7 Å². The van der Waals surface area contributed by atoms with Crippen molar-refractivity contribution in [1.82, 2.24) is 24.0 Å². The molecule has 45 heavy (non-hydrogen) atoms. The number of ether oxygens (including phenoxy) is 1. The van der Waals surface area contributed by atoms with E-state index in [2.05, 4.69) is 70.0 Å². The van der Waals surface area contributed by atoms with Crippen molar-refractivity contribution in [2.45, 2.75) is 51.6 Å². The number of imidazole rings is 1. The maximum Gasteiger partial charge on any atom is 0.254 e. The molecule has 1 aliphatic heterocycles. The Hall–Kier alpha value is -4.65. The van der Waals surface area contributed by atoms with E-state index in [-0.39, 0.29) is 5.91 Å². The Bertz CT molecular complexity index is 2030. The fourth-order valence-corrected chi connectivity index (χ4v) is 7.53. The molecule has 4 heterocycles. The number of amides is 1. The number of benzene rings is 2. The van der Waals surface area contributed by atoms with Crippen LogP contribution in [0, 0.1) is 18.8 Å². The van der Waals surface area contributed by atoms with Gasteiger partial charge >= 0.3 is 0 Å². The van der Waals surface area contributed by atoms with Crippen molar-refractivity contribution >= 4 is 34.1 Å². The number of pyridine rings is 1. The van der Waals surface area contributed by atoms with Crippen molar-refractivity contribution in [1.29, 1.82) is 0 Å². The van der Waals surface area contributed by atoms with E-state index in [1.54, 1.807) is 13.2 Å². The third-order valence-electron chi connectivity index (χ3n) is 10.2. The van der Waals surface area contributed by atoms with Crippen molar-refractivity contribution in [3.63, 3.8) is 0 Å². The lowest BCUT2D eigenvalue weighted by Crippen LogP contribution is -2.37. The molecule has 1 saturated heterocycles. The number of likely N-dealkylation sites (tertiary alicyclic amines) is 1. The maximum absolute atomic E-state index is 13.7. The minimum absolute atomic E-state index is 0.0911. The Morgan fingerprint density at radius 1 is 1.07 bits per heavy atom. The summed E-state index contributed by atoms with van der Waals surface area (Å²) in [6, 6.07) is 17.2. The zero-order valence-corrected chi connectivity index (χ0v) is 26.3. The SMILES string of the molecule is C=C/C=C\c1cc(-c2ccc3cc(-c4nc5cc(C(=O)N6CC7CCC6C7)cc(OC)c5n4C)n(CC4CC4)c3n2)ccc1C. The number of hydrogen-bond acceptors (Lipinski definition) is 4. The quantitative estimate of drug-likeness (QED) is 0.171. The van der Waals surface area contributed by atoms with Gasteiger partial charge in [0.2, 0.25) is 0 Å². The summed E-state index contributed by atoms with van der Waals surface area (Å²) >= 11 is 0. The lowest BCUT2D eigenvalue weighted by atomic mass is 10.0. The van der Waals surface area contributed by atoms with Crippen LogP contribution in [0.4, 0.5) is 0 Å². The summed E-state index contributed by atoms with van der Waals surface area (Å²) in [6.07, 6.45) is 11.8. The van der Waals surface area contributed by atoms with Crippen LogP contribution in [0.2, 0.25) is 0 Å². The number of hydrogen-bond donors (Lipinski definition) is 0. The predicted molar refractivity (Wildman–Crippen MR) is 180 cm³/mol. The number of aryl methyl sites for hydroxylation is 2. The van der Waals surface area contributed by atoms with Crippen LogP contribution in [0.15, 0.2) is 67.3 Å². The van der Waals surface area contributed by atoms with E-state index in [1.165, 1.54) is 24.8 Å². The number of methoxy groups -OCH3 is 1. The first-order chi connectivity index (χ1) is 21.9. The molecule has 0 radical (unpaired) electrons. The number of carbonyl (C=O) groups excluding carboxylic acids is 1. The molecule has 0 N–H and O–H groups in total. The average Bonchev–Trinajstić information content (AvgIpc) is 3.34. The van der Waals surface area contributed by atoms with Gasteiger partial charge in [-0.1, -0.05) is 36.9 Å². The fraction of sp³-hybridized carbons (Fsp3) is 0.342. The second kappa shape index (κ2) is 10.8. The highest BCUT2D eigenvalue weighted by molar-refractivity contribution is 6.00. The molecule has 7 nitrogen and oxygen atoms in total. The molecule has 2 atom stereocenters. The topological polar surface area (TPSA) is 65.2 Å². The number of rotatable bonds is 8. The van der Waals surface area contributed by atoms with Gasteiger partial charge in [-0.25, -0.2) is 9.97 Å². The highest BCUT2D eigenvalue weighted by atomic mass is 16.5. The van der Waals surface area contributed by atoms with E-state index in [9.17, 15) is 4.79 Å². The summed E-state index contributed by atoms with van der Waals surface area (Å²) in [5, 5.41) is 1.09. The third kappa shape index (κ3) is 4.76. The second-order valence-corrected chi connectivity index (χ2v) is 13.2. The van der Waals surface area contributed by atoms with Gasteiger partial charge in [-0.05, 0) is 98.4 Å². The number of fused-ring (bicyclic) bond motifs is 4. The lowest BCUT2D eigenvalue weighted by molar-refractivity contribution is 0.0703. The van der Waals surface area contributed by atoms with Crippen LogP contribution in [0.5, 0.6) is 5.75 Å². The number of carbonyl (C=O) groups is 1. The largest absolute Gasteiger partial charge is 0.494 e. The summed E-state index contributed by atoms with van der Waals surface area (Å²) in [4.78, 5) is 26.2. The third-order valence-corrected chi connectivity index (χ3v) is 10.2. The molecule has 3 aliphatic rings. The predicted octanol–water partition coefficient (Wildman–Crippen LogP) is 7.81. The first-order valence-corrected chi connectivity index (χ1v) is 16.2. The van der Waals surface area contributed by atoms with Gasteiger partial charge in [0, 0.05) is 42.7 Å². The summed E-state index contributed by atoms with van der Waals surface area (Å²) in [7, 11) is 3.71. The Balaban J connectivity index is 1.23. The zero-order valence-electron chi connectivity index (χ0n) is 26.3. The average molecular weight is 598 g/mol. The van der Waals surface area contributed by atoms with Gasteiger partial charge in [0.25, 0.3) is 5.91 Å². The van der Waals surface area contributed by atoms with E-state index in [0.29, 0.717) is 29.2 Å². The Morgan fingerprint density at radius 3 is 2.67 bits per heavy atom. The maximum atomic E-state index is 13.7. The van der Waals surface area contributed by atoms with Gasteiger partial charge in [0.15, 0.2) is 5.82 Å². The van der Waals surface area contributed by atoms with Crippen LogP contribution >= 0.6 is 0 Å². The summed E-state index contributed by atoms with van der Waals surface area (Å²) < 4.78 is 10.3. The molecule has 3 aromatic heterocycles. The van der Waals surface area contributed by atoms with Gasteiger partial charge in [-0.2, -0.15) is 0 Å². The van der Waals surface area contributed by atoms with Gasteiger partial charge in [-0.15, -0.1) is 0 Å². The normalized spacial score (nSPS) is 19.4. The standard InChI is InChI=1S/C38H39N5O2/c1-5-6-7-26-17-27(12-8-23(26)2)31-15-13-28-19-33(43(36(28)39-31)21-24-9-10-24)37-40-32-18-29(20-34(45-4)35(32)41(37)3)38(44)42-22-25-11-14-30(42)16-25/h5-8,12-13,15,17-20,24-25,30H,1,9-11,14,16,21-22H2,2-4H3/b7-6-. The van der Waals surface area contributed by atoms with Crippen LogP contribution < -0.4 is 4.74 Å². The van der Waals surface area contributed by atoms with E-state index in [0.717, 1.165) is 76.3 Å². The molecule has 1 amide bonds. The first-order valence-electron chi connectivity index (χ1n) is 16.2. The molecular formula is C38H39N5O2. The molecule has 2 unspecified atom stereocenters. The fourth-order valence-electron chi connectivity index (χ4n) is 7.53. The van der Waals surface area contributed by atoms with Crippen molar-refractivity contribution < 1.29 is 9.53 Å². The Kier molecular flexibility index (Phi) is 6.66. The Labute approximate surface area is 263 Å². The molecule has 2 aliphatic carbocycles. The summed E-state index contributed by atoms with van der Waals surface area (Å²) in [5.74, 6) is 2.90. The smallest absolute Gasteiger partial charge is 0.254 e. The molecule has 2 saturated carbocycles. The molecule has 5 aromatic rings. The zero-order chi connectivity index (χ0) is 30.8. The monoisotopic (exact) mass is 597 g/mol. The first kappa shape index (κ1) is 27.9. The van der Waals surface area contributed by atoms with E-state index in [1.807, 2.05) is 25.3 Å². The van der Waals surface area contributed by atoms with Gasteiger partial charge in [-0.3, -0.25) is 4.79 Å². The van der Waals surface area contributed by atoms with Crippen LogP contribution in [0.1, 0.15) is 53.6 Å². The van der Waals surface area contributed by atoms with Gasteiger partial charge in [0.1, 0.15) is 16.9 Å². The van der Waals surface area contributed by atoms with E-state index >= 15 is 0 Å². The molecule has 7 heteroatoms. The van der Waals surface area contributed by atoms with Crippen molar-refractivity contribution in [3.8, 4) is 28.5 Å². The molecule has 2 aromatic carbocycles. The second-order valence-electron chi connectivity index (χ2n) is 13.2. The van der Waals surface area contributed by atoms with Gasteiger partial charge in [0.05, 0.1) is 24.0 Å².